The third-order valence-electron chi connectivity index (χ3n) is 3.15. The third-order valence-corrected chi connectivity index (χ3v) is 3.41. The van der Waals surface area contributed by atoms with E-state index in [-0.39, 0.29) is 5.91 Å². The van der Waals surface area contributed by atoms with Gasteiger partial charge in [-0.1, -0.05) is 23.7 Å². The standard InChI is InChI=1S/C17H19ClN2O2/c1-20(11-13-3-5-14(18)6-4-13)12-17(21)19-15-7-9-16(22-2)10-8-15/h3-10H,11-12H2,1-2H3,(H,19,21). The van der Waals surface area contributed by atoms with Gasteiger partial charge in [0.2, 0.25) is 5.91 Å². The number of carbonyl (C=O) groups is 1. The van der Waals surface area contributed by atoms with E-state index in [1.54, 1.807) is 7.11 Å². The van der Waals surface area contributed by atoms with Crippen LogP contribution in [0.5, 0.6) is 5.75 Å². The molecule has 0 radical (unpaired) electrons. The average molecular weight is 319 g/mol. The predicted octanol–water partition coefficient (Wildman–Crippen LogP) is 3.42. The topological polar surface area (TPSA) is 41.6 Å². The van der Waals surface area contributed by atoms with Gasteiger partial charge in [0.05, 0.1) is 13.7 Å². The molecule has 116 valence electrons. The van der Waals surface area contributed by atoms with E-state index in [1.165, 1.54) is 0 Å². The van der Waals surface area contributed by atoms with E-state index in [1.807, 2.05) is 60.5 Å². The Bertz CT molecular complexity index is 612. The zero-order valence-corrected chi connectivity index (χ0v) is 13.4. The number of likely N-dealkylation sites (N-methyl/N-ethyl adjacent to an activating group) is 1. The quantitative estimate of drug-likeness (QED) is 0.887. The van der Waals surface area contributed by atoms with Gasteiger partial charge in [0.15, 0.2) is 0 Å². The largest absolute Gasteiger partial charge is 0.497 e. The highest BCUT2D eigenvalue weighted by Crippen LogP contribution is 2.15. The van der Waals surface area contributed by atoms with Crippen LogP contribution in [-0.4, -0.2) is 31.5 Å². The lowest BCUT2D eigenvalue weighted by Gasteiger charge is -2.16. The molecule has 0 aliphatic carbocycles. The van der Waals surface area contributed by atoms with E-state index >= 15 is 0 Å². The van der Waals surface area contributed by atoms with E-state index in [0.717, 1.165) is 17.0 Å². The van der Waals surface area contributed by atoms with Gasteiger partial charge in [0.25, 0.3) is 0 Å². The highest BCUT2D eigenvalue weighted by Gasteiger charge is 2.07. The molecule has 0 bridgehead atoms. The fraction of sp³-hybridized carbons (Fsp3) is 0.235. The number of rotatable bonds is 6. The minimum atomic E-state index is -0.0540. The summed E-state index contributed by atoms with van der Waals surface area (Å²) < 4.78 is 5.08. The molecule has 0 saturated carbocycles. The van der Waals surface area contributed by atoms with E-state index in [4.69, 9.17) is 16.3 Å². The summed E-state index contributed by atoms with van der Waals surface area (Å²) in [7, 11) is 3.52. The molecule has 22 heavy (non-hydrogen) atoms. The van der Waals surface area contributed by atoms with Gasteiger partial charge in [-0.3, -0.25) is 9.69 Å². The molecule has 5 heteroatoms. The van der Waals surface area contributed by atoms with Crippen LogP contribution < -0.4 is 10.1 Å². The van der Waals surface area contributed by atoms with E-state index in [0.29, 0.717) is 18.1 Å². The number of halogens is 1. The van der Waals surface area contributed by atoms with Crippen LogP contribution in [0.1, 0.15) is 5.56 Å². The van der Waals surface area contributed by atoms with Crippen LogP contribution in [0.4, 0.5) is 5.69 Å². The lowest BCUT2D eigenvalue weighted by atomic mass is 10.2. The molecule has 0 aromatic heterocycles. The second-order valence-electron chi connectivity index (χ2n) is 5.08. The van der Waals surface area contributed by atoms with Crippen molar-refractivity contribution in [3.8, 4) is 5.75 Å². The summed E-state index contributed by atoms with van der Waals surface area (Å²) in [5, 5.41) is 3.57. The summed E-state index contributed by atoms with van der Waals surface area (Å²) in [4.78, 5) is 14.0. The first kappa shape index (κ1) is 16.3. The molecule has 4 nitrogen and oxygen atoms in total. The Morgan fingerprint density at radius 2 is 1.77 bits per heavy atom. The van der Waals surface area contributed by atoms with Crippen LogP contribution in [0.25, 0.3) is 0 Å². The lowest BCUT2D eigenvalue weighted by molar-refractivity contribution is -0.117. The Kier molecular flexibility index (Phi) is 5.81. The number of ether oxygens (including phenoxy) is 1. The summed E-state index contributed by atoms with van der Waals surface area (Å²) in [6, 6.07) is 14.9. The second-order valence-corrected chi connectivity index (χ2v) is 5.51. The van der Waals surface area contributed by atoms with Crippen LogP contribution in [0.3, 0.4) is 0 Å². The molecule has 1 amide bonds. The van der Waals surface area contributed by atoms with Gasteiger partial charge in [-0.2, -0.15) is 0 Å². The molecule has 0 saturated heterocycles. The van der Waals surface area contributed by atoms with E-state index < -0.39 is 0 Å². The number of hydrogen-bond donors (Lipinski definition) is 1. The van der Waals surface area contributed by atoms with Crippen molar-refractivity contribution in [3.63, 3.8) is 0 Å². The van der Waals surface area contributed by atoms with Crippen molar-refractivity contribution in [2.24, 2.45) is 0 Å². The minimum Gasteiger partial charge on any atom is -0.497 e. The number of anilines is 1. The van der Waals surface area contributed by atoms with Gasteiger partial charge in [-0.25, -0.2) is 0 Å². The molecular weight excluding hydrogens is 300 g/mol. The normalized spacial score (nSPS) is 10.5. The van der Waals surface area contributed by atoms with Gasteiger partial charge in [-0.05, 0) is 49.0 Å². The van der Waals surface area contributed by atoms with Crippen molar-refractivity contribution in [2.75, 3.05) is 26.0 Å². The smallest absolute Gasteiger partial charge is 0.238 e. The molecule has 0 spiro atoms. The van der Waals surface area contributed by atoms with Gasteiger partial charge in [0, 0.05) is 17.3 Å². The molecule has 2 aromatic carbocycles. The molecule has 0 aliphatic rings. The summed E-state index contributed by atoms with van der Waals surface area (Å²) >= 11 is 5.86. The van der Waals surface area contributed by atoms with Crippen molar-refractivity contribution in [3.05, 3.63) is 59.1 Å². The van der Waals surface area contributed by atoms with Crippen LogP contribution in [0.2, 0.25) is 5.02 Å². The highest BCUT2D eigenvalue weighted by molar-refractivity contribution is 6.30. The Morgan fingerprint density at radius 1 is 1.14 bits per heavy atom. The first-order valence-electron chi connectivity index (χ1n) is 6.93. The summed E-state index contributed by atoms with van der Waals surface area (Å²) in [5.41, 5.74) is 1.87. The van der Waals surface area contributed by atoms with Gasteiger partial charge < -0.3 is 10.1 Å². The molecule has 0 atom stereocenters. The minimum absolute atomic E-state index is 0.0540. The maximum Gasteiger partial charge on any atom is 0.238 e. The molecule has 1 N–H and O–H groups in total. The Morgan fingerprint density at radius 3 is 2.36 bits per heavy atom. The zero-order chi connectivity index (χ0) is 15.9. The Hall–Kier alpha value is -2.04. The second kappa shape index (κ2) is 7.82. The van der Waals surface area contributed by atoms with E-state index in [2.05, 4.69) is 5.32 Å². The maximum absolute atomic E-state index is 12.0. The fourth-order valence-electron chi connectivity index (χ4n) is 2.08. The highest BCUT2D eigenvalue weighted by atomic mass is 35.5. The van der Waals surface area contributed by atoms with Crippen molar-refractivity contribution in [1.82, 2.24) is 4.90 Å². The van der Waals surface area contributed by atoms with Crippen LogP contribution in [0, 0.1) is 0 Å². The summed E-state index contributed by atoms with van der Waals surface area (Å²) in [6.07, 6.45) is 0. The summed E-state index contributed by atoms with van der Waals surface area (Å²) in [5.74, 6) is 0.708. The van der Waals surface area contributed by atoms with Gasteiger partial charge in [-0.15, -0.1) is 0 Å². The summed E-state index contributed by atoms with van der Waals surface area (Å²) in [6.45, 7) is 1.00. The molecule has 0 aliphatic heterocycles. The number of carbonyl (C=O) groups excluding carboxylic acids is 1. The molecule has 0 heterocycles. The Balaban J connectivity index is 1.83. The maximum atomic E-state index is 12.0. The van der Waals surface area contributed by atoms with Crippen LogP contribution in [0.15, 0.2) is 48.5 Å². The van der Waals surface area contributed by atoms with Crippen molar-refractivity contribution in [2.45, 2.75) is 6.54 Å². The molecular formula is C17H19ClN2O2. The number of hydrogen-bond acceptors (Lipinski definition) is 3. The molecule has 2 rings (SSSR count). The molecule has 0 unspecified atom stereocenters. The third kappa shape index (κ3) is 5.06. The zero-order valence-electron chi connectivity index (χ0n) is 12.7. The van der Waals surface area contributed by atoms with Crippen molar-refractivity contribution < 1.29 is 9.53 Å². The number of nitrogens with one attached hydrogen (secondary N) is 1. The number of amides is 1. The Labute approximate surface area is 135 Å². The van der Waals surface area contributed by atoms with Gasteiger partial charge in [0.1, 0.15) is 5.75 Å². The van der Waals surface area contributed by atoms with Crippen molar-refractivity contribution in [1.29, 1.82) is 0 Å². The first-order valence-corrected chi connectivity index (χ1v) is 7.31. The SMILES string of the molecule is COc1ccc(NC(=O)CN(C)Cc2ccc(Cl)cc2)cc1. The first-order chi connectivity index (χ1) is 10.6. The number of nitrogens with zero attached hydrogens (tertiary/aromatic N) is 1. The monoisotopic (exact) mass is 318 g/mol. The van der Waals surface area contributed by atoms with Crippen LogP contribution in [-0.2, 0) is 11.3 Å². The number of benzene rings is 2. The average Bonchev–Trinajstić information content (AvgIpc) is 2.50. The number of methoxy groups -OCH3 is 1. The van der Waals surface area contributed by atoms with Crippen LogP contribution >= 0.6 is 11.6 Å². The molecule has 0 fully saturated rings. The molecule has 2 aromatic rings. The van der Waals surface area contributed by atoms with E-state index in [9.17, 15) is 4.79 Å². The van der Waals surface area contributed by atoms with Crippen molar-refractivity contribution >= 4 is 23.2 Å². The lowest BCUT2D eigenvalue weighted by Crippen LogP contribution is -2.29. The predicted molar refractivity (Wildman–Crippen MR) is 89.4 cm³/mol. The fourth-order valence-corrected chi connectivity index (χ4v) is 2.20. The van der Waals surface area contributed by atoms with Gasteiger partial charge >= 0.3 is 0 Å².